The molecule has 1 fully saturated rings. The fourth-order valence-electron chi connectivity index (χ4n) is 1.81. The molecule has 1 aliphatic rings. The minimum absolute atomic E-state index is 0.576. The van der Waals surface area contributed by atoms with Crippen LogP contribution >= 0.6 is 0 Å². The number of aliphatic hydroxyl groups excluding tert-OH is 2. The number of hydrogen-bond donors (Lipinski definition) is 2. The van der Waals surface area contributed by atoms with Gasteiger partial charge in [-0.1, -0.05) is 0 Å². The van der Waals surface area contributed by atoms with Crippen LogP contribution < -0.4 is 0 Å². The first-order chi connectivity index (χ1) is 8.42. The minimum atomic E-state index is -1.19. The van der Waals surface area contributed by atoms with Gasteiger partial charge in [0, 0.05) is 7.11 Å². The van der Waals surface area contributed by atoms with Gasteiger partial charge in [-0.3, -0.25) is 0 Å². The van der Waals surface area contributed by atoms with Crippen LogP contribution in [0.2, 0.25) is 0 Å². The number of hydrogen-bond acceptors (Lipinski definition) is 7. The van der Waals surface area contributed by atoms with Crippen LogP contribution in [-0.4, -0.2) is 67.2 Å². The Morgan fingerprint density at radius 2 is 1.89 bits per heavy atom. The number of aliphatic hydroxyl groups is 2. The molecule has 0 aromatic carbocycles. The van der Waals surface area contributed by atoms with Crippen molar-refractivity contribution < 1.29 is 34.0 Å². The van der Waals surface area contributed by atoms with Crippen LogP contribution in [0, 0.1) is 0 Å². The zero-order valence-corrected chi connectivity index (χ0v) is 10.9. The zero-order chi connectivity index (χ0) is 13.9. The highest BCUT2D eigenvalue weighted by atomic mass is 16.7. The number of esters is 1. The van der Waals surface area contributed by atoms with Crippen LogP contribution in [0.25, 0.3) is 0 Å². The highest BCUT2D eigenvalue weighted by Gasteiger charge is 2.45. The van der Waals surface area contributed by atoms with Crippen molar-refractivity contribution >= 4 is 5.97 Å². The lowest BCUT2D eigenvalue weighted by molar-refractivity contribution is -0.298. The quantitative estimate of drug-likeness (QED) is 0.632. The number of carbonyl (C=O) groups excluding carboxylic acids is 1. The Morgan fingerprint density at radius 3 is 2.39 bits per heavy atom. The Balaban J connectivity index is 2.73. The normalized spacial score (nSPS) is 38.2. The third kappa shape index (κ3) is 3.18. The molecule has 1 rings (SSSR count). The number of rotatable bonds is 4. The van der Waals surface area contributed by atoms with Crippen LogP contribution in [0.4, 0.5) is 0 Å². The lowest BCUT2D eigenvalue weighted by Crippen LogP contribution is -2.59. The van der Waals surface area contributed by atoms with Crippen LogP contribution in [0.15, 0.2) is 0 Å². The molecule has 0 aliphatic carbocycles. The molecule has 0 radical (unpaired) electrons. The average Bonchev–Trinajstić information content (AvgIpc) is 2.37. The van der Waals surface area contributed by atoms with Crippen LogP contribution in [0.5, 0.6) is 0 Å². The third-order valence-electron chi connectivity index (χ3n) is 2.91. The van der Waals surface area contributed by atoms with Gasteiger partial charge in [-0.05, 0) is 13.8 Å². The molecule has 6 atom stereocenters. The maximum Gasteiger partial charge on any atom is 0.334 e. The van der Waals surface area contributed by atoms with Crippen molar-refractivity contribution in [3.8, 4) is 0 Å². The summed E-state index contributed by atoms with van der Waals surface area (Å²) in [4.78, 5) is 11.3. The Labute approximate surface area is 106 Å². The summed E-state index contributed by atoms with van der Waals surface area (Å²) in [7, 11) is 2.61. The van der Waals surface area contributed by atoms with Gasteiger partial charge in [-0.25, -0.2) is 4.79 Å². The molecule has 1 heterocycles. The van der Waals surface area contributed by atoms with E-state index in [4.69, 9.17) is 14.2 Å². The van der Waals surface area contributed by atoms with Crippen molar-refractivity contribution in [2.75, 3.05) is 14.2 Å². The van der Waals surface area contributed by atoms with Gasteiger partial charge in [0.05, 0.1) is 13.2 Å². The van der Waals surface area contributed by atoms with E-state index >= 15 is 0 Å². The van der Waals surface area contributed by atoms with Crippen molar-refractivity contribution in [2.45, 2.75) is 50.7 Å². The first kappa shape index (κ1) is 15.3. The lowest BCUT2D eigenvalue weighted by atomic mass is 9.99. The molecule has 1 aliphatic heterocycles. The fraction of sp³-hybridized carbons (Fsp3) is 0.909. The summed E-state index contributed by atoms with van der Waals surface area (Å²) < 4.78 is 20.0. The van der Waals surface area contributed by atoms with Crippen molar-refractivity contribution in [3.05, 3.63) is 0 Å². The molecule has 106 valence electrons. The molecule has 0 bridgehead atoms. The van der Waals surface area contributed by atoms with Crippen LogP contribution in [0.3, 0.4) is 0 Å². The average molecular weight is 264 g/mol. The van der Waals surface area contributed by atoms with Gasteiger partial charge in [-0.15, -0.1) is 0 Å². The van der Waals surface area contributed by atoms with Gasteiger partial charge < -0.3 is 29.2 Å². The van der Waals surface area contributed by atoms with E-state index in [9.17, 15) is 15.0 Å². The second-order valence-corrected chi connectivity index (χ2v) is 4.19. The molecule has 0 amide bonds. The molecule has 0 aromatic heterocycles. The molecule has 0 spiro atoms. The Hall–Kier alpha value is -0.730. The first-order valence-electron chi connectivity index (χ1n) is 5.70. The van der Waals surface area contributed by atoms with E-state index in [1.54, 1.807) is 6.92 Å². The first-order valence-corrected chi connectivity index (χ1v) is 5.70. The molecule has 2 N–H and O–H groups in total. The van der Waals surface area contributed by atoms with Crippen molar-refractivity contribution in [1.29, 1.82) is 0 Å². The zero-order valence-electron chi connectivity index (χ0n) is 10.9. The summed E-state index contributed by atoms with van der Waals surface area (Å²) in [6.07, 6.45) is -5.60. The van der Waals surface area contributed by atoms with Crippen LogP contribution in [0.1, 0.15) is 13.8 Å². The predicted octanol–water partition coefficient (Wildman–Crippen LogP) is -0.954. The maximum absolute atomic E-state index is 11.3. The van der Waals surface area contributed by atoms with E-state index in [1.807, 2.05) is 0 Å². The van der Waals surface area contributed by atoms with Crippen molar-refractivity contribution in [1.82, 2.24) is 0 Å². The van der Waals surface area contributed by atoms with E-state index in [0.29, 0.717) is 0 Å². The smallest absolute Gasteiger partial charge is 0.334 e. The Kier molecular flexibility index (Phi) is 5.48. The van der Waals surface area contributed by atoms with Crippen LogP contribution in [-0.2, 0) is 23.7 Å². The fourth-order valence-corrected chi connectivity index (χ4v) is 1.81. The van der Waals surface area contributed by atoms with Gasteiger partial charge in [0.2, 0.25) is 0 Å². The summed E-state index contributed by atoms with van der Waals surface area (Å²) in [5.74, 6) is -0.581. The molecule has 0 aromatic rings. The molecule has 18 heavy (non-hydrogen) atoms. The second-order valence-electron chi connectivity index (χ2n) is 4.19. The van der Waals surface area contributed by atoms with E-state index in [-0.39, 0.29) is 0 Å². The monoisotopic (exact) mass is 264 g/mol. The number of ether oxygens (including phenoxy) is 4. The molecular formula is C11H20O7. The second kappa shape index (κ2) is 6.44. The summed E-state index contributed by atoms with van der Waals surface area (Å²) in [6.45, 7) is 3.11. The molecule has 7 nitrogen and oxygen atoms in total. The minimum Gasteiger partial charge on any atom is -0.467 e. The van der Waals surface area contributed by atoms with Crippen molar-refractivity contribution in [3.63, 3.8) is 0 Å². The Bertz CT molecular complexity index is 283. The Morgan fingerprint density at radius 1 is 1.28 bits per heavy atom. The van der Waals surface area contributed by atoms with Gasteiger partial charge >= 0.3 is 5.97 Å². The number of methoxy groups -OCH3 is 2. The molecule has 0 unspecified atom stereocenters. The maximum atomic E-state index is 11.3. The summed E-state index contributed by atoms with van der Waals surface area (Å²) in [5, 5.41) is 19.8. The van der Waals surface area contributed by atoms with Gasteiger partial charge in [0.1, 0.15) is 18.3 Å². The molecule has 7 heteroatoms. The third-order valence-corrected chi connectivity index (χ3v) is 2.91. The topological polar surface area (TPSA) is 94.5 Å². The predicted molar refractivity (Wildman–Crippen MR) is 59.7 cm³/mol. The largest absolute Gasteiger partial charge is 0.467 e. The molecule has 1 saturated heterocycles. The van der Waals surface area contributed by atoms with E-state index in [2.05, 4.69) is 4.74 Å². The molecule has 0 saturated carbocycles. The summed E-state index contributed by atoms with van der Waals surface area (Å²) >= 11 is 0. The SMILES string of the molecule is COC(=O)[C@H](C)O[C@@H]1[C@@H](O)[C@H](C)O[C@@H](OC)[C@@H]1O. The molecular weight excluding hydrogens is 244 g/mol. The van der Waals surface area contributed by atoms with Crippen molar-refractivity contribution in [2.24, 2.45) is 0 Å². The summed E-state index contributed by atoms with van der Waals surface area (Å²) in [6, 6.07) is 0. The number of carbonyl (C=O) groups is 1. The van der Waals surface area contributed by atoms with E-state index < -0.39 is 42.8 Å². The van der Waals surface area contributed by atoms with Gasteiger partial charge in [-0.2, -0.15) is 0 Å². The highest BCUT2D eigenvalue weighted by Crippen LogP contribution is 2.24. The lowest BCUT2D eigenvalue weighted by Gasteiger charge is -2.41. The summed E-state index contributed by atoms with van der Waals surface area (Å²) in [5.41, 5.74) is 0. The standard InChI is InChI=1S/C11H20O7/c1-5-7(12)9(8(13)11(16-4)18-5)17-6(2)10(14)15-3/h5-9,11-13H,1-4H3/t5-,6-,7-,8+,9+,11+/m0/s1. The van der Waals surface area contributed by atoms with Gasteiger partial charge in [0.25, 0.3) is 0 Å². The van der Waals surface area contributed by atoms with Gasteiger partial charge in [0.15, 0.2) is 12.4 Å². The highest BCUT2D eigenvalue weighted by molar-refractivity contribution is 5.73. The van der Waals surface area contributed by atoms with E-state index in [0.717, 1.165) is 0 Å². The van der Waals surface area contributed by atoms with E-state index in [1.165, 1.54) is 21.1 Å².